The zero-order valence-electron chi connectivity index (χ0n) is 14.7. The minimum atomic E-state index is 0.544. The number of allylic oxidation sites excluding steroid dienone is 3. The van der Waals surface area contributed by atoms with Gasteiger partial charge >= 0.3 is 0 Å². The molecule has 23 heavy (non-hydrogen) atoms. The Morgan fingerprint density at radius 2 is 1.83 bits per heavy atom. The molecule has 1 rings (SSSR count). The van der Waals surface area contributed by atoms with Crippen LogP contribution in [0.1, 0.15) is 57.3 Å². The van der Waals surface area contributed by atoms with Crippen molar-refractivity contribution in [2.75, 3.05) is 13.2 Å². The van der Waals surface area contributed by atoms with Gasteiger partial charge in [0.2, 0.25) is 0 Å². The second kappa shape index (κ2) is 10.7. The van der Waals surface area contributed by atoms with Crippen LogP contribution >= 0.6 is 0 Å². The molecule has 0 aromatic heterocycles. The molecule has 3 heteroatoms. The predicted molar refractivity (Wildman–Crippen MR) is 95.5 cm³/mol. The number of rotatable bonds is 10. The predicted octanol–water partition coefficient (Wildman–Crippen LogP) is 5.36. The molecule has 0 N–H and O–H groups in total. The van der Waals surface area contributed by atoms with Crippen molar-refractivity contribution in [2.24, 2.45) is 0 Å². The first-order valence-corrected chi connectivity index (χ1v) is 8.20. The van der Waals surface area contributed by atoms with Crippen LogP contribution in [0.15, 0.2) is 41.5 Å². The smallest absolute Gasteiger partial charge is 0.161 e. The fourth-order valence-corrected chi connectivity index (χ4v) is 2.15. The summed E-state index contributed by atoms with van der Waals surface area (Å²) >= 11 is 0. The molecule has 0 aliphatic heterocycles. The monoisotopic (exact) mass is 316 g/mol. The van der Waals surface area contributed by atoms with Crippen molar-refractivity contribution >= 4 is 6.29 Å². The van der Waals surface area contributed by atoms with Crippen LogP contribution < -0.4 is 9.47 Å². The van der Waals surface area contributed by atoms with Crippen molar-refractivity contribution in [3.05, 3.63) is 47.1 Å². The molecule has 0 saturated carbocycles. The van der Waals surface area contributed by atoms with E-state index in [2.05, 4.69) is 32.9 Å². The largest absolute Gasteiger partial charge is 0.490 e. The van der Waals surface area contributed by atoms with Gasteiger partial charge in [-0.25, -0.2) is 0 Å². The van der Waals surface area contributed by atoms with E-state index < -0.39 is 0 Å². The normalized spacial score (nSPS) is 11.0. The maximum atomic E-state index is 10.8. The maximum Gasteiger partial charge on any atom is 0.161 e. The number of carbonyl (C=O) groups is 1. The summed E-state index contributed by atoms with van der Waals surface area (Å²) in [7, 11) is 0. The molecule has 0 radical (unpaired) electrons. The molecule has 0 saturated heterocycles. The van der Waals surface area contributed by atoms with Gasteiger partial charge in [-0.2, -0.15) is 0 Å². The third-order valence-electron chi connectivity index (χ3n) is 3.36. The van der Waals surface area contributed by atoms with E-state index in [1.807, 2.05) is 6.92 Å². The van der Waals surface area contributed by atoms with Gasteiger partial charge < -0.3 is 9.47 Å². The number of ether oxygens (including phenoxy) is 2. The Morgan fingerprint density at radius 1 is 1.04 bits per heavy atom. The standard InChI is InChI=1S/C20H28O3/c1-5-22-20-14-18(15-21)11-12-19(20)23-13-7-10-17(4)9-6-8-16(2)3/h8,10-12,14-15H,5-7,9,13H2,1-4H3. The molecule has 0 amide bonds. The van der Waals surface area contributed by atoms with Crippen LogP contribution in [0.5, 0.6) is 11.5 Å². The lowest BCUT2D eigenvalue weighted by Crippen LogP contribution is -2.01. The van der Waals surface area contributed by atoms with Crippen molar-refractivity contribution in [1.82, 2.24) is 0 Å². The Hall–Kier alpha value is -2.03. The lowest BCUT2D eigenvalue weighted by Gasteiger charge is -2.11. The fraction of sp³-hybridized carbons (Fsp3) is 0.450. The molecule has 1 aromatic rings. The molecule has 3 nitrogen and oxygen atoms in total. The van der Waals surface area contributed by atoms with Gasteiger partial charge in [0, 0.05) is 5.56 Å². The topological polar surface area (TPSA) is 35.5 Å². The SMILES string of the molecule is CCOc1cc(C=O)ccc1OCCC=C(C)CCC=C(C)C. The Bertz CT molecular complexity index is 552. The Morgan fingerprint density at radius 3 is 2.48 bits per heavy atom. The minimum Gasteiger partial charge on any atom is -0.490 e. The number of benzene rings is 1. The van der Waals surface area contributed by atoms with E-state index in [4.69, 9.17) is 9.47 Å². The summed E-state index contributed by atoms with van der Waals surface area (Å²) in [5, 5.41) is 0. The fourth-order valence-electron chi connectivity index (χ4n) is 2.15. The molecule has 0 aliphatic rings. The van der Waals surface area contributed by atoms with Gasteiger partial charge in [0.25, 0.3) is 0 Å². The molecule has 1 aromatic carbocycles. The van der Waals surface area contributed by atoms with E-state index in [1.165, 1.54) is 11.1 Å². The number of carbonyl (C=O) groups excluding carboxylic acids is 1. The first-order valence-electron chi connectivity index (χ1n) is 8.20. The molecule has 0 unspecified atom stereocenters. The molecule has 0 aliphatic carbocycles. The first kappa shape index (κ1) is 19.0. The van der Waals surface area contributed by atoms with Gasteiger partial charge in [0.05, 0.1) is 13.2 Å². The lowest BCUT2D eigenvalue weighted by molar-refractivity contribution is 0.112. The summed E-state index contributed by atoms with van der Waals surface area (Å²) in [5.74, 6) is 1.31. The minimum absolute atomic E-state index is 0.544. The van der Waals surface area contributed by atoms with Crippen molar-refractivity contribution in [3.63, 3.8) is 0 Å². The molecule has 0 atom stereocenters. The van der Waals surface area contributed by atoms with E-state index in [-0.39, 0.29) is 0 Å². The van der Waals surface area contributed by atoms with E-state index in [0.717, 1.165) is 25.5 Å². The highest BCUT2D eigenvalue weighted by Crippen LogP contribution is 2.28. The lowest BCUT2D eigenvalue weighted by atomic mass is 10.1. The van der Waals surface area contributed by atoms with Gasteiger partial charge in [-0.1, -0.05) is 23.3 Å². The summed E-state index contributed by atoms with van der Waals surface area (Å²) in [6.45, 7) is 9.46. The van der Waals surface area contributed by atoms with Crippen LogP contribution in [0.3, 0.4) is 0 Å². The van der Waals surface area contributed by atoms with Crippen molar-refractivity contribution in [3.8, 4) is 11.5 Å². The van der Waals surface area contributed by atoms with Crippen molar-refractivity contribution in [2.45, 2.75) is 47.0 Å². The van der Waals surface area contributed by atoms with E-state index in [0.29, 0.717) is 30.3 Å². The maximum absolute atomic E-state index is 10.8. The Labute approximate surface area is 140 Å². The number of hydrogen-bond donors (Lipinski definition) is 0. The number of hydrogen-bond acceptors (Lipinski definition) is 3. The van der Waals surface area contributed by atoms with Crippen LogP contribution in [0, 0.1) is 0 Å². The quantitative estimate of drug-likeness (QED) is 0.331. The molecule has 126 valence electrons. The summed E-state index contributed by atoms with van der Waals surface area (Å²) in [6, 6.07) is 5.25. The van der Waals surface area contributed by atoms with Crippen LogP contribution in [-0.4, -0.2) is 19.5 Å². The Balaban J connectivity index is 2.48. The third-order valence-corrected chi connectivity index (χ3v) is 3.36. The average Bonchev–Trinajstić information content (AvgIpc) is 2.52. The highest BCUT2D eigenvalue weighted by Gasteiger charge is 2.05. The summed E-state index contributed by atoms with van der Waals surface area (Å²) in [6.07, 6.45) is 8.33. The number of aldehydes is 1. The van der Waals surface area contributed by atoms with Gasteiger partial charge in [-0.3, -0.25) is 4.79 Å². The van der Waals surface area contributed by atoms with Gasteiger partial charge in [-0.05, 0) is 65.2 Å². The highest BCUT2D eigenvalue weighted by atomic mass is 16.5. The summed E-state index contributed by atoms with van der Waals surface area (Å²) < 4.78 is 11.3. The van der Waals surface area contributed by atoms with E-state index >= 15 is 0 Å². The summed E-state index contributed by atoms with van der Waals surface area (Å²) in [4.78, 5) is 10.8. The average molecular weight is 316 g/mol. The zero-order chi connectivity index (χ0) is 17.1. The van der Waals surface area contributed by atoms with Crippen molar-refractivity contribution in [1.29, 1.82) is 0 Å². The van der Waals surface area contributed by atoms with E-state index in [9.17, 15) is 4.79 Å². The molecular formula is C20H28O3. The molecule has 0 spiro atoms. The summed E-state index contributed by atoms with van der Waals surface area (Å²) in [5.41, 5.74) is 3.34. The third kappa shape index (κ3) is 7.68. The van der Waals surface area contributed by atoms with Gasteiger partial charge in [-0.15, -0.1) is 0 Å². The first-order chi connectivity index (χ1) is 11.1. The van der Waals surface area contributed by atoms with Crippen molar-refractivity contribution < 1.29 is 14.3 Å². The molecular weight excluding hydrogens is 288 g/mol. The van der Waals surface area contributed by atoms with E-state index in [1.54, 1.807) is 18.2 Å². The van der Waals surface area contributed by atoms with Crippen LogP contribution in [0.2, 0.25) is 0 Å². The van der Waals surface area contributed by atoms with Gasteiger partial charge in [0.1, 0.15) is 6.29 Å². The van der Waals surface area contributed by atoms with Crippen LogP contribution in [-0.2, 0) is 0 Å². The molecule has 0 fully saturated rings. The molecule has 0 heterocycles. The zero-order valence-corrected chi connectivity index (χ0v) is 14.7. The highest BCUT2D eigenvalue weighted by molar-refractivity contribution is 5.76. The molecule has 0 bridgehead atoms. The van der Waals surface area contributed by atoms with Crippen LogP contribution in [0.25, 0.3) is 0 Å². The second-order valence-corrected chi connectivity index (χ2v) is 5.76. The second-order valence-electron chi connectivity index (χ2n) is 5.76. The van der Waals surface area contributed by atoms with Crippen LogP contribution in [0.4, 0.5) is 0 Å². The Kier molecular flexibility index (Phi) is 8.81. The van der Waals surface area contributed by atoms with Gasteiger partial charge in [0.15, 0.2) is 11.5 Å².